The molecular weight excluding hydrogens is 262 g/mol. The molecule has 1 aliphatic heterocycles. The topological polar surface area (TPSA) is 46.0 Å². The summed E-state index contributed by atoms with van der Waals surface area (Å²) in [6.45, 7) is 5.20. The molecule has 0 amide bonds. The number of rotatable bonds is 4. The first-order chi connectivity index (χ1) is 10.1. The molecule has 0 radical (unpaired) electrons. The zero-order valence-electron chi connectivity index (χ0n) is 13.3. The molecule has 0 aromatic carbocycles. The minimum absolute atomic E-state index is 0.676. The first kappa shape index (κ1) is 14.5. The van der Waals surface area contributed by atoms with Crippen molar-refractivity contribution in [3.8, 4) is 0 Å². The molecule has 5 nitrogen and oxygen atoms in total. The molecule has 3 heterocycles. The summed E-state index contributed by atoms with van der Waals surface area (Å²) < 4.78 is 1.85. The van der Waals surface area contributed by atoms with Gasteiger partial charge in [-0.25, -0.2) is 4.98 Å². The number of hydrogen-bond acceptors (Lipinski definition) is 4. The fourth-order valence-corrected chi connectivity index (χ4v) is 3.23. The van der Waals surface area contributed by atoms with E-state index in [1.165, 1.54) is 31.4 Å². The lowest BCUT2D eigenvalue weighted by Gasteiger charge is -2.32. The van der Waals surface area contributed by atoms with Crippen LogP contribution in [0, 0.1) is 6.92 Å². The third-order valence-electron chi connectivity index (χ3n) is 4.55. The minimum atomic E-state index is 0.676. The van der Waals surface area contributed by atoms with Gasteiger partial charge >= 0.3 is 0 Å². The molecule has 21 heavy (non-hydrogen) atoms. The van der Waals surface area contributed by atoms with Gasteiger partial charge in [0.05, 0.1) is 5.69 Å². The third-order valence-corrected chi connectivity index (χ3v) is 4.55. The highest BCUT2D eigenvalue weighted by Crippen LogP contribution is 2.17. The van der Waals surface area contributed by atoms with Crippen LogP contribution in [-0.2, 0) is 13.6 Å². The summed E-state index contributed by atoms with van der Waals surface area (Å²) in [5, 5.41) is 9.16. The summed E-state index contributed by atoms with van der Waals surface area (Å²) in [6, 6.07) is 2.89. The van der Waals surface area contributed by atoms with Crippen molar-refractivity contribution < 1.29 is 0 Å². The van der Waals surface area contributed by atoms with E-state index in [1.807, 2.05) is 24.9 Å². The number of nitrogens with zero attached hydrogens (tertiary/aromatic N) is 4. The number of nitrogens with one attached hydrogen (secondary N) is 1. The van der Waals surface area contributed by atoms with Crippen LogP contribution in [0.3, 0.4) is 0 Å². The first-order valence-corrected chi connectivity index (χ1v) is 7.84. The second kappa shape index (κ2) is 6.12. The van der Waals surface area contributed by atoms with Gasteiger partial charge in [-0.2, -0.15) is 5.10 Å². The predicted octanol–water partition coefficient (Wildman–Crippen LogP) is 1.85. The average Bonchev–Trinajstić information content (AvgIpc) is 2.76. The predicted molar refractivity (Wildman–Crippen MR) is 85.2 cm³/mol. The van der Waals surface area contributed by atoms with Gasteiger partial charge in [-0.3, -0.25) is 4.68 Å². The van der Waals surface area contributed by atoms with Gasteiger partial charge in [0.25, 0.3) is 0 Å². The summed E-state index contributed by atoms with van der Waals surface area (Å²) >= 11 is 0. The molecule has 2 aromatic rings. The van der Waals surface area contributed by atoms with Crippen LogP contribution in [0.15, 0.2) is 12.3 Å². The van der Waals surface area contributed by atoms with E-state index in [9.17, 15) is 0 Å². The lowest BCUT2D eigenvalue weighted by Crippen LogP contribution is -2.42. The zero-order chi connectivity index (χ0) is 14.8. The molecule has 1 unspecified atom stereocenters. The number of piperidine rings is 1. The van der Waals surface area contributed by atoms with Crippen LogP contribution in [0.5, 0.6) is 0 Å². The number of pyridine rings is 1. The van der Waals surface area contributed by atoms with E-state index >= 15 is 0 Å². The Morgan fingerprint density at radius 2 is 2.19 bits per heavy atom. The van der Waals surface area contributed by atoms with Gasteiger partial charge in [0, 0.05) is 37.8 Å². The van der Waals surface area contributed by atoms with Crippen molar-refractivity contribution in [3.05, 3.63) is 23.5 Å². The van der Waals surface area contributed by atoms with Gasteiger partial charge in [-0.05, 0) is 45.0 Å². The molecular formula is C16H25N5. The van der Waals surface area contributed by atoms with E-state index < -0.39 is 0 Å². The number of likely N-dealkylation sites (tertiary alicyclic amines) is 1. The summed E-state index contributed by atoms with van der Waals surface area (Å²) in [5.41, 5.74) is 3.24. The van der Waals surface area contributed by atoms with Crippen molar-refractivity contribution in [2.45, 2.75) is 38.8 Å². The maximum absolute atomic E-state index is 4.53. The van der Waals surface area contributed by atoms with Gasteiger partial charge in [0.1, 0.15) is 0 Å². The summed E-state index contributed by atoms with van der Waals surface area (Å²) in [6.07, 6.45) is 5.97. The van der Waals surface area contributed by atoms with Crippen LogP contribution in [0.25, 0.3) is 11.0 Å². The van der Waals surface area contributed by atoms with Gasteiger partial charge < -0.3 is 10.2 Å². The lowest BCUT2D eigenvalue weighted by molar-refractivity contribution is 0.181. The van der Waals surface area contributed by atoms with Crippen molar-refractivity contribution in [3.63, 3.8) is 0 Å². The van der Waals surface area contributed by atoms with Crippen LogP contribution >= 0.6 is 0 Å². The SMILES string of the molecule is Cc1nn(C)c2ncc(CNCC3CCCCN3C)cc12. The largest absolute Gasteiger partial charge is 0.311 e. The van der Waals surface area contributed by atoms with Crippen molar-refractivity contribution in [2.24, 2.45) is 7.05 Å². The summed E-state index contributed by atoms with van der Waals surface area (Å²) in [4.78, 5) is 7.01. The number of aryl methyl sites for hydroxylation is 2. The van der Waals surface area contributed by atoms with E-state index in [0.717, 1.165) is 29.8 Å². The van der Waals surface area contributed by atoms with Crippen molar-refractivity contribution in [1.29, 1.82) is 0 Å². The smallest absolute Gasteiger partial charge is 0.157 e. The maximum Gasteiger partial charge on any atom is 0.157 e. The Bertz CT molecular complexity index is 618. The van der Waals surface area contributed by atoms with E-state index in [2.05, 4.69) is 33.4 Å². The fourth-order valence-electron chi connectivity index (χ4n) is 3.23. The highest BCUT2D eigenvalue weighted by Gasteiger charge is 2.18. The molecule has 1 fully saturated rings. The number of aromatic nitrogens is 3. The summed E-state index contributed by atoms with van der Waals surface area (Å²) in [5.74, 6) is 0. The van der Waals surface area contributed by atoms with Crippen molar-refractivity contribution >= 4 is 11.0 Å². The molecule has 2 aromatic heterocycles. The number of hydrogen-bond donors (Lipinski definition) is 1. The molecule has 0 spiro atoms. The highest BCUT2D eigenvalue weighted by molar-refractivity contribution is 5.78. The Morgan fingerprint density at radius 1 is 1.33 bits per heavy atom. The molecule has 0 saturated carbocycles. The Kier molecular flexibility index (Phi) is 4.22. The second-order valence-corrected chi connectivity index (χ2v) is 6.18. The van der Waals surface area contributed by atoms with Gasteiger partial charge in [0.15, 0.2) is 5.65 Å². The Morgan fingerprint density at radius 3 is 3.00 bits per heavy atom. The van der Waals surface area contributed by atoms with E-state index in [4.69, 9.17) is 0 Å². The fraction of sp³-hybridized carbons (Fsp3) is 0.625. The third kappa shape index (κ3) is 3.09. The average molecular weight is 287 g/mol. The zero-order valence-corrected chi connectivity index (χ0v) is 13.3. The van der Waals surface area contributed by atoms with Crippen LogP contribution in [0.4, 0.5) is 0 Å². The summed E-state index contributed by atoms with van der Waals surface area (Å²) in [7, 11) is 4.18. The van der Waals surface area contributed by atoms with Crippen molar-refractivity contribution in [1.82, 2.24) is 25.0 Å². The molecule has 1 N–H and O–H groups in total. The molecule has 5 heteroatoms. The van der Waals surface area contributed by atoms with Crippen LogP contribution < -0.4 is 5.32 Å². The van der Waals surface area contributed by atoms with Gasteiger partial charge in [0.2, 0.25) is 0 Å². The Labute approximate surface area is 126 Å². The van der Waals surface area contributed by atoms with Crippen LogP contribution in [-0.4, -0.2) is 45.8 Å². The molecule has 3 rings (SSSR count). The standard InChI is InChI=1S/C16H25N5/c1-12-15-8-13(10-18-16(15)21(3)19-12)9-17-11-14-6-4-5-7-20(14)2/h8,10,14,17H,4-7,9,11H2,1-3H3. The monoisotopic (exact) mass is 287 g/mol. The number of likely N-dealkylation sites (N-methyl/N-ethyl adjacent to an activating group) is 1. The van der Waals surface area contributed by atoms with Crippen LogP contribution in [0.1, 0.15) is 30.5 Å². The van der Waals surface area contributed by atoms with Gasteiger partial charge in [-0.1, -0.05) is 6.42 Å². The second-order valence-electron chi connectivity index (χ2n) is 6.18. The number of fused-ring (bicyclic) bond motifs is 1. The lowest BCUT2D eigenvalue weighted by atomic mass is 10.0. The normalized spacial score (nSPS) is 20.2. The quantitative estimate of drug-likeness (QED) is 0.932. The Balaban J connectivity index is 1.61. The van der Waals surface area contributed by atoms with E-state index in [1.54, 1.807) is 0 Å². The molecule has 1 saturated heterocycles. The minimum Gasteiger partial charge on any atom is -0.311 e. The maximum atomic E-state index is 4.53. The van der Waals surface area contributed by atoms with Gasteiger partial charge in [-0.15, -0.1) is 0 Å². The Hall–Kier alpha value is -1.46. The molecule has 0 bridgehead atoms. The molecule has 1 aliphatic rings. The molecule has 114 valence electrons. The van der Waals surface area contributed by atoms with Crippen molar-refractivity contribution in [2.75, 3.05) is 20.1 Å². The highest BCUT2D eigenvalue weighted by atomic mass is 15.3. The molecule has 1 atom stereocenters. The van der Waals surface area contributed by atoms with E-state index in [-0.39, 0.29) is 0 Å². The first-order valence-electron chi connectivity index (χ1n) is 7.84. The van der Waals surface area contributed by atoms with E-state index in [0.29, 0.717) is 6.04 Å². The molecule has 0 aliphatic carbocycles. The van der Waals surface area contributed by atoms with Crippen LogP contribution in [0.2, 0.25) is 0 Å².